The fraction of sp³-hybridized carbons (Fsp3) is 0.0645. The van der Waals surface area contributed by atoms with Gasteiger partial charge in [0.15, 0.2) is 5.82 Å². The Morgan fingerprint density at radius 1 is 0.622 bits per heavy atom. The van der Waals surface area contributed by atoms with Gasteiger partial charge in [-0.15, -0.1) is 0 Å². The summed E-state index contributed by atoms with van der Waals surface area (Å²) in [6.07, 6.45) is 0. The average Bonchev–Trinajstić information content (AvgIpc) is 3.25. The van der Waals surface area contributed by atoms with Crippen molar-refractivity contribution in [2.45, 2.75) is 13.8 Å². The SMILES string of the molecule is Cc1nc(C)nc(-c2ccc(-n3c4ccccc4c4ccc(-c5ccccc5C#N)cc43)cc2C#N)n1. The number of nitrogens with zero attached hydrogens (tertiary/aromatic N) is 6. The zero-order chi connectivity index (χ0) is 25.5. The van der Waals surface area contributed by atoms with E-state index >= 15 is 0 Å². The minimum absolute atomic E-state index is 0.486. The number of aryl methyl sites for hydroxylation is 2. The van der Waals surface area contributed by atoms with Gasteiger partial charge in [0.25, 0.3) is 0 Å². The van der Waals surface area contributed by atoms with E-state index in [4.69, 9.17) is 0 Å². The molecule has 6 heteroatoms. The summed E-state index contributed by atoms with van der Waals surface area (Å²) in [5.41, 5.74) is 6.52. The second kappa shape index (κ2) is 8.71. The molecule has 0 aliphatic carbocycles. The number of fused-ring (bicyclic) bond motifs is 3. The largest absolute Gasteiger partial charge is 0.309 e. The molecule has 0 spiro atoms. The quantitative estimate of drug-likeness (QED) is 0.285. The molecule has 0 unspecified atom stereocenters. The van der Waals surface area contributed by atoms with Crippen molar-refractivity contribution in [1.29, 1.82) is 10.5 Å². The van der Waals surface area contributed by atoms with Crippen molar-refractivity contribution in [2.24, 2.45) is 0 Å². The highest BCUT2D eigenvalue weighted by Gasteiger charge is 2.17. The van der Waals surface area contributed by atoms with Gasteiger partial charge in [0.1, 0.15) is 11.6 Å². The van der Waals surface area contributed by atoms with Gasteiger partial charge < -0.3 is 4.57 Å². The minimum atomic E-state index is 0.486. The molecule has 0 fully saturated rings. The van der Waals surface area contributed by atoms with E-state index in [1.54, 1.807) is 0 Å². The van der Waals surface area contributed by atoms with Crippen molar-refractivity contribution in [3.63, 3.8) is 0 Å². The predicted octanol–water partition coefficient (Wildman–Crippen LogP) is 6.66. The highest BCUT2D eigenvalue weighted by Crippen LogP contribution is 2.36. The Bertz CT molecular complexity index is 1910. The highest BCUT2D eigenvalue weighted by atomic mass is 15.0. The van der Waals surface area contributed by atoms with E-state index in [9.17, 15) is 10.5 Å². The van der Waals surface area contributed by atoms with Gasteiger partial charge in [-0.25, -0.2) is 15.0 Å². The molecule has 0 aliphatic heterocycles. The first kappa shape index (κ1) is 22.2. The van der Waals surface area contributed by atoms with E-state index in [2.05, 4.69) is 62.0 Å². The highest BCUT2D eigenvalue weighted by molar-refractivity contribution is 6.10. The molecule has 2 heterocycles. The lowest BCUT2D eigenvalue weighted by atomic mass is 9.99. The molecule has 174 valence electrons. The summed E-state index contributed by atoms with van der Waals surface area (Å²) < 4.78 is 2.16. The van der Waals surface area contributed by atoms with Crippen LogP contribution in [0, 0.1) is 36.5 Å². The molecule has 0 radical (unpaired) electrons. The smallest absolute Gasteiger partial charge is 0.164 e. The van der Waals surface area contributed by atoms with Crippen molar-refractivity contribution in [2.75, 3.05) is 0 Å². The summed E-state index contributed by atoms with van der Waals surface area (Å²) in [7, 11) is 0. The third kappa shape index (κ3) is 3.69. The molecule has 6 rings (SSSR count). The Hall–Kier alpha value is -5.33. The number of aromatic nitrogens is 4. The predicted molar refractivity (Wildman–Crippen MR) is 144 cm³/mol. The molecule has 0 atom stereocenters. The summed E-state index contributed by atoms with van der Waals surface area (Å²) >= 11 is 0. The number of benzene rings is 4. The number of rotatable bonds is 3. The third-order valence-corrected chi connectivity index (χ3v) is 6.51. The fourth-order valence-corrected chi connectivity index (χ4v) is 4.94. The lowest BCUT2D eigenvalue weighted by Crippen LogP contribution is -2.01. The van der Waals surface area contributed by atoms with Gasteiger partial charge in [-0.2, -0.15) is 10.5 Å². The van der Waals surface area contributed by atoms with Gasteiger partial charge >= 0.3 is 0 Å². The van der Waals surface area contributed by atoms with E-state index in [0.717, 1.165) is 38.6 Å². The first-order chi connectivity index (χ1) is 18.1. The molecule has 0 saturated carbocycles. The molecule has 0 amide bonds. The van der Waals surface area contributed by atoms with Crippen LogP contribution in [0.2, 0.25) is 0 Å². The Labute approximate surface area is 213 Å². The average molecular weight is 477 g/mol. The van der Waals surface area contributed by atoms with Gasteiger partial charge in [0, 0.05) is 22.0 Å². The summed E-state index contributed by atoms with van der Waals surface area (Å²) in [4.78, 5) is 13.2. The zero-order valence-corrected chi connectivity index (χ0v) is 20.3. The molecule has 0 aliphatic rings. The summed E-state index contributed by atoms with van der Waals surface area (Å²) in [6, 6.07) is 32.5. The van der Waals surface area contributed by atoms with E-state index in [0.29, 0.717) is 34.2 Å². The van der Waals surface area contributed by atoms with Crippen molar-refractivity contribution in [3.05, 3.63) is 108 Å². The maximum Gasteiger partial charge on any atom is 0.164 e. The van der Waals surface area contributed by atoms with Crippen LogP contribution in [0.4, 0.5) is 0 Å². The molecule has 2 aromatic heterocycles. The van der Waals surface area contributed by atoms with E-state index < -0.39 is 0 Å². The number of para-hydroxylation sites is 1. The monoisotopic (exact) mass is 476 g/mol. The van der Waals surface area contributed by atoms with Crippen LogP contribution in [-0.2, 0) is 0 Å². The molecule has 6 nitrogen and oxygen atoms in total. The Balaban J connectivity index is 1.61. The second-order valence-corrected chi connectivity index (χ2v) is 8.84. The van der Waals surface area contributed by atoms with Gasteiger partial charge in [0.2, 0.25) is 0 Å². The van der Waals surface area contributed by atoms with E-state index in [1.807, 2.05) is 68.4 Å². The van der Waals surface area contributed by atoms with Crippen LogP contribution in [0.3, 0.4) is 0 Å². The number of hydrogen-bond donors (Lipinski definition) is 0. The molecular weight excluding hydrogens is 456 g/mol. The summed E-state index contributed by atoms with van der Waals surface area (Å²) in [5, 5.41) is 21.9. The molecule has 0 N–H and O–H groups in total. The van der Waals surface area contributed by atoms with Crippen LogP contribution in [-0.4, -0.2) is 19.5 Å². The maximum absolute atomic E-state index is 10.1. The Morgan fingerprint density at radius 2 is 1.32 bits per heavy atom. The zero-order valence-electron chi connectivity index (χ0n) is 20.3. The topological polar surface area (TPSA) is 91.2 Å². The van der Waals surface area contributed by atoms with Crippen molar-refractivity contribution >= 4 is 21.8 Å². The van der Waals surface area contributed by atoms with Gasteiger partial charge in [-0.1, -0.05) is 48.5 Å². The standard InChI is InChI=1S/C31H20N6/c1-19-34-20(2)36-31(35-19)26-14-12-24(15-23(26)18-33)37-29-10-6-5-9-27(29)28-13-11-21(16-30(28)37)25-8-4-3-7-22(25)17-32/h3-16H,1-2H3. The minimum Gasteiger partial charge on any atom is -0.309 e. The summed E-state index contributed by atoms with van der Waals surface area (Å²) in [5.74, 6) is 1.72. The molecule has 6 aromatic rings. The molecular formula is C31H20N6. The second-order valence-electron chi connectivity index (χ2n) is 8.84. The van der Waals surface area contributed by atoms with Gasteiger partial charge in [0.05, 0.1) is 34.3 Å². The van der Waals surface area contributed by atoms with E-state index in [-0.39, 0.29) is 0 Å². The number of nitriles is 2. The number of hydrogen-bond acceptors (Lipinski definition) is 5. The lowest BCUT2D eigenvalue weighted by molar-refractivity contribution is 0.928. The Morgan fingerprint density at radius 3 is 2.11 bits per heavy atom. The van der Waals surface area contributed by atoms with Crippen LogP contribution < -0.4 is 0 Å². The van der Waals surface area contributed by atoms with Gasteiger partial charge in [-0.05, 0) is 61.4 Å². The third-order valence-electron chi connectivity index (χ3n) is 6.51. The molecule has 37 heavy (non-hydrogen) atoms. The van der Waals surface area contributed by atoms with Crippen LogP contribution in [0.25, 0.3) is 50.0 Å². The van der Waals surface area contributed by atoms with Crippen LogP contribution in [0.5, 0.6) is 0 Å². The normalized spacial score (nSPS) is 10.9. The van der Waals surface area contributed by atoms with Crippen LogP contribution in [0.1, 0.15) is 22.8 Å². The first-order valence-electron chi connectivity index (χ1n) is 11.8. The van der Waals surface area contributed by atoms with E-state index in [1.165, 1.54) is 0 Å². The molecule has 4 aromatic carbocycles. The van der Waals surface area contributed by atoms with Gasteiger partial charge in [-0.3, -0.25) is 0 Å². The lowest BCUT2D eigenvalue weighted by Gasteiger charge is -2.12. The van der Waals surface area contributed by atoms with Crippen molar-refractivity contribution in [3.8, 4) is 40.3 Å². The Kier molecular flexibility index (Phi) is 5.22. The van der Waals surface area contributed by atoms with Crippen LogP contribution >= 0.6 is 0 Å². The summed E-state index contributed by atoms with van der Waals surface area (Å²) in [6.45, 7) is 3.64. The van der Waals surface area contributed by atoms with Crippen molar-refractivity contribution in [1.82, 2.24) is 19.5 Å². The maximum atomic E-state index is 10.1. The fourth-order valence-electron chi connectivity index (χ4n) is 4.94. The van der Waals surface area contributed by atoms with Crippen molar-refractivity contribution < 1.29 is 0 Å². The molecule has 0 saturated heterocycles. The first-order valence-corrected chi connectivity index (χ1v) is 11.8. The molecule has 0 bridgehead atoms. The van der Waals surface area contributed by atoms with Crippen LogP contribution in [0.15, 0.2) is 84.9 Å².